The van der Waals surface area contributed by atoms with E-state index in [1.165, 1.54) is 15.4 Å². The molecule has 0 fully saturated rings. The molecule has 7 nitrogen and oxygen atoms in total. The van der Waals surface area contributed by atoms with E-state index in [9.17, 15) is 13.2 Å². The molecular weight excluding hydrogens is 385 g/mol. The second-order valence-corrected chi connectivity index (χ2v) is 7.55. The Balaban J connectivity index is 0.000000321. The monoisotopic (exact) mass is 406 g/mol. The summed E-state index contributed by atoms with van der Waals surface area (Å²) in [6.45, 7) is 5.72. The maximum Gasteiger partial charge on any atom is 0.490 e. The van der Waals surface area contributed by atoms with Crippen molar-refractivity contribution in [2.75, 3.05) is 20.3 Å². The van der Waals surface area contributed by atoms with Gasteiger partial charge in [-0.3, -0.25) is 9.58 Å². The lowest BCUT2D eigenvalue weighted by molar-refractivity contribution is -0.192. The van der Waals surface area contributed by atoms with Gasteiger partial charge in [0.05, 0.1) is 12.3 Å². The molecule has 1 aliphatic heterocycles. The van der Waals surface area contributed by atoms with Crippen LogP contribution in [0.15, 0.2) is 12.1 Å². The van der Waals surface area contributed by atoms with Crippen molar-refractivity contribution >= 4 is 17.3 Å². The summed E-state index contributed by atoms with van der Waals surface area (Å²) in [5.74, 6) is -2.41. The van der Waals surface area contributed by atoms with Crippen molar-refractivity contribution in [2.24, 2.45) is 7.05 Å². The van der Waals surface area contributed by atoms with Gasteiger partial charge in [-0.15, -0.1) is 16.4 Å². The van der Waals surface area contributed by atoms with Crippen molar-refractivity contribution in [1.82, 2.24) is 19.9 Å². The Morgan fingerprint density at radius 1 is 1.44 bits per heavy atom. The van der Waals surface area contributed by atoms with Gasteiger partial charge in [-0.1, -0.05) is 5.21 Å². The van der Waals surface area contributed by atoms with Gasteiger partial charge in [-0.2, -0.15) is 13.2 Å². The minimum atomic E-state index is -5.08. The summed E-state index contributed by atoms with van der Waals surface area (Å²) in [5.41, 5.74) is 2.32. The lowest BCUT2D eigenvalue weighted by Crippen LogP contribution is -2.35. The van der Waals surface area contributed by atoms with Crippen LogP contribution in [0.2, 0.25) is 0 Å². The third-order valence-electron chi connectivity index (χ3n) is 3.97. The van der Waals surface area contributed by atoms with Crippen LogP contribution < -0.4 is 0 Å². The number of fused-ring (bicyclic) bond motifs is 1. The number of hydrogen-bond donors (Lipinski definition) is 1. The van der Waals surface area contributed by atoms with Crippen molar-refractivity contribution in [1.29, 1.82) is 0 Å². The second-order valence-electron chi connectivity index (χ2n) is 6.18. The van der Waals surface area contributed by atoms with Gasteiger partial charge in [0.15, 0.2) is 0 Å². The molecule has 3 rings (SSSR count). The van der Waals surface area contributed by atoms with Crippen LogP contribution >= 0.6 is 11.3 Å². The van der Waals surface area contributed by atoms with E-state index in [0.29, 0.717) is 12.5 Å². The van der Waals surface area contributed by atoms with Crippen molar-refractivity contribution < 1.29 is 27.8 Å². The van der Waals surface area contributed by atoms with Gasteiger partial charge < -0.3 is 9.84 Å². The molecule has 0 saturated heterocycles. The number of aryl methyl sites for hydroxylation is 2. The maximum atomic E-state index is 10.6. The quantitative estimate of drug-likeness (QED) is 0.841. The van der Waals surface area contributed by atoms with Gasteiger partial charge in [0, 0.05) is 49.5 Å². The fraction of sp³-hybridized carbons (Fsp3) is 0.562. The summed E-state index contributed by atoms with van der Waals surface area (Å²) >= 11 is 1.87. The summed E-state index contributed by atoms with van der Waals surface area (Å²) in [5, 5.41) is 15.6. The number of alkyl halides is 3. The Morgan fingerprint density at radius 3 is 2.63 bits per heavy atom. The number of nitrogens with zero attached hydrogens (tertiary/aromatic N) is 4. The Bertz CT molecular complexity index is 775. The maximum absolute atomic E-state index is 10.6. The number of aliphatic carboxylic acids is 1. The lowest BCUT2D eigenvalue weighted by atomic mass is 9.99. The van der Waals surface area contributed by atoms with Gasteiger partial charge >= 0.3 is 12.1 Å². The zero-order valence-corrected chi connectivity index (χ0v) is 16.0. The average Bonchev–Trinajstić information content (AvgIpc) is 3.13. The molecule has 0 bridgehead atoms. The third-order valence-corrected chi connectivity index (χ3v) is 4.95. The first-order valence-electron chi connectivity index (χ1n) is 8.07. The number of rotatable bonds is 4. The molecule has 0 spiro atoms. The fourth-order valence-corrected chi connectivity index (χ4v) is 3.87. The number of ether oxygens (including phenoxy) is 1. The molecule has 1 aliphatic rings. The molecule has 0 saturated carbocycles. The first-order chi connectivity index (χ1) is 12.6. The molecule has 0 aromatic carbocycles. The molecule has 1 unspecified atom stereocenters. The highest BCUT2D eigenvalue weighted by atomic mass is 32.1. The number of methoxy groups -OCH3 is 1. The Hall–Kier alpha value is -1.98. The van der Waals surface area contributed by atoms with Crippen LogP contribution in [0.25, 0.3) is 0 Å². The Morgan fingerprint density at radius 2 is 2.11 bits per heavy atom. The van der Waals surface area contributed by atoms with E-state index in [1.54, 1.807) is 7.11 Å². The average molecular weight is 406 g/mol. The number of carboxylic acids is 1. The first-order valence-corrected chi connectivity index (χ1v) is 8.88. The molecule has 1 N–H and O–H groups in total. The predicted octanol–water partition coefficient (Wildman–Crippen LogP) is 2.56. The van der Waals surface area contributed by atoms with E-state index in [-0.39, 0.29) is 0 Å². The summed E-state index contributed by atoms with van der Waals surface area (Å²) in [6.07, 6.45) is -5.08. The number of hydrogen-bond acceptors (Lipinski definition) is 6. The molecule has 11 heteroatoms. The highest BCUT2D eigenvalue weighted by Crippen LogP contribution is 2.28. The van der Waals surface area contributed by atoms with Crippen molar-refractivity contribution in [3.8, 4) is 0 Å². The van der Waals surface area contributed by atoms with E-state index >= 15 is 0 Å². The van der Waals surface area contributed by atoms with E-state index in [2.05, 4.69) is 34.3 Å². The minimum Gasteiger partial charge on any atom is -0.475 e. The Kier molecular flexibility index (Phi) is 6.95. The molecule has 2 aromatic heterocycles. The molecule has 150 valence electrons. The van der Waals surface area contributed by atoms with Crippen LogP contribution in [0.4, 0.5) is 13.2 Å². The number of aromatic nitrogens is 3. The third kappa shape index (κ3) is 5.75. The van der Waals surface area contributed by atoms with Gasteiger partial charge in [0.25, 0.3) is 0 Å². The zero-order chi connectivity index (χ0) is 20.2. The SMILES string of the molecule is COCC1CN(Cc2ccc(C)s2)Cc2nnn(C)c21.O=C(O)C(F)(F)F. The summed E-state index contributed by atoms with van der Waals surface area (Å²) in [4.78, 5) is 14.1. The van der Waals surface area contributed by atoms with Crippen LogP contribution in [-0.4, -0.2) is 57.4 Å². The van der Waals surface area contributed by atoms with Crippen molar-refractivity contribution in [2.45, 2.75) is 32.1 Å². The van der Waals surface area contributed by atoms with Crippen molar-refractivity contribution in [3.63, 3.8) is 0 Å². The highest BCUT2D eigenvalue weighted by molar-refractivity contribution is 7.11. The molecule has 27 heavy (non-hydrogen) atoms. The van der Waals surface area contributed by atoms with Gasteiger partial charge in [-0.05, 0) is 19.1 Å². The number of thiophene rings is 1. The predicted molar refractivity (Wildman–Crippen MR) is 92.5 cm³/mol. The number of carbonyl (C=O) groups is 1. The molecule has 0 aliphatic carbocycles. The lowest BCUT2D eigenvalue weighted by Gasteiger charge is -2.31. The van der Waals surface area contributed by atoms with Crippen molar-refractivity contribution in [3.05, 3.63) is 33.3 Å². The normalized spacial score (nSPS) is 17.2. The number of halogens is 3. The first kappa shape index (κ1) is 21.3. The molecule has 1 atom stereocenters. The summed E-state index contributed by atoms with van der Waals surface area (Å²) in [6, 6.07) is 4.40. The molecule has 2 aromatic rings. The largest absolute Gasteiger partial charge is 0.490 e. The molecule has 0 amide bonds. The van der Waals surface area contributed by atoms with Crippen LogP contribution in [0, 0.1) is 6.92 Å². The van der Waals surface area contributed by atoms with E-state index in [4.69, 9.17) is 14.6 Å². The van der Waals surface area contributed by atoms with Crippen LogP contribution in [0.3, 0.4) is 0 Å². The Labute approximate surface area is 158 Å². The van der Waals surface area contributed by atoms with E-state index in [0.717, 1.165) is 25.3 Å². The summed E-state index contributed by atoms with van der Waals surface area (Å²) in [7, 11) is 3.72. The van der Waals surface area contributed by atoms with Gasteiger partial charge in [0.1, 0.15) is 5.69 Å². The summed E-state index contributed by atoms with van der Waals surface area (Å²) < 4.78 is 39.0. The zero-order valence-electron chi connectivity index (χ0n) is 15.2. The second kappa shape index (κ2) is 8.81. The molecular formula is C16H21F3N4O3S. The topological polar surface area (TPSA) is 80.5 Å². The molecule has 3 heterocycles. The molecule has 0 radical (unpaired) electrons. The van der Waals surface area contributed by atoms with E-state index in [1.807, 2.05) is 23.1 Å². The van der Waals surface area contributed by atoms with Crippen LogP contribution in [-0.2, 0) is 29.7 Å². The highest BCUT2D eigenvalue weighted by Gasteiger charge is 2.38. The van der Waals surface area contributed by atoms with E-state index < -0.39 is 12.1 Å². The van der Waals surface area contributed by atoms with Gasteiger partial charge in [0.2, 0.25) is 0 Å². The van der Waals surface area contributed by atoms with Crippen LogP contribution in [0.5, 0.6) is 0 Å². The minimum absolute atomic E-state index is 0.352. The standard InChI is InChI=1S/C14H20N4OS.C2HF3O2/c1-10-4-5-12(20-10)7-18-6-11(9-19-3)14-13(8-18)15-16-17(14)2;3-2(4,5)1(6)7/h4-5,11H,6-9H2,1-3H3;(H,6,7). The number of carboxylic acid groups (broad SMARTS) is 1. The smallest absolute Gasteiger partial charge is 0.475 e. The fourth-order valence-electron chi connectivity index (χ4n) is 2.94. The van der Waals surface area contributed by atoms with Gasteiger partial charge in [-0.25, -0.2) is 4.79 Å². The van der Waals surface area contributed by atoms with Crippen LogP contribution in [0.1, 0.15) is 27.1 Å².